The van der Waals surface area contributed by atoms with Gasteiger partial charge in [-0.3, -0.25) is 9.69 Å². The number of nitrogens with zero attached hydrogens (tertiary/aromatic N) is 2. The van der Waals surface area contributed by atoms with E-state index < -0.39 is 0 Å². The van der Waals surface area contributed by atoms with Crippen molar-refractivity contribution in [2.24, 2.45) is 0 Å². The summed E-state index contributed by atoms with van der Waals surface area (Å²) < 4.78 is 16.3. The molecule has 2 aliphatic heterocycles. The standard InChI is InChI=1S/C18H22N2O4S/c1-19-15(9-12-6-7-13(22-2)10-16(12)23-3)17(21)20(18(19)25)11-14-5-4-8-24-14/h6-7,9-10,14H,4-5,8,11H2,1-3H3. The zero-order chi connectivity index (χ0) is 18.0. The molecule has 1 aromatic rings. The van der Waals surface area contributed by atoms with Crippen molar-refractivity contribution in [3.8, 4) is 11.5 Å². The second kappa shape index (κ2) is 7.41. The van der Waals surface area contributed by atoms with Gasteiger partial charge in [-0.25, -0.2) is 0 Å². The highest BCUT2D eigenvalue weighted by atomic mass is 32.1. The Morgan fingerprint density at radius 3 is 2.80 bits per heavy atom. The van der Waals surface area contributed by atoms with E-state index in [0.29, 0.717) is 28.9 Å². The number of rotatable bonds is 5. The maximum Gasteiger partial charge on any atom is 0.276 e. The molecule has 3 rings (SSSR count). The van der Waals surface area contributed by atoms with Gasteiger partial charge in [0.25, 0.3) is 5.91 Å². The third kappa shape index (κ3) is 3.48. The predicted molar refractivity (Wildman–Crippen MR) is 98.6 cm³/mol. The number of amides is 1. The summed E-state index contributed by atoms with van der Waals surface area (Å²) in [6, 6.07) is 5.47. The first kappa shape index (κ1) is 17.7. The van der Waals surface area contributed by atoms with Gasteiger partial charge in [-0.1, -0.05) is 0 Å². The Bertz CT molecular complexity index is 713. The van der Waals surface area contributed by atoms with E-state index in [9.17, 15) is 4.79 Å². The van der Waals surface area contributed by atoms with Gasteiger partial charge in [0, 0.05) is 25.3 Å². The Labute approximate surface area is 152 Å². The van der Waals surface area contributed by atoms with E-state index in [4.69, 9.17) is 26.4 Å². The fourth-order valence-corrected chi connectivity index (χ4v) is 3.31. The van der Waals surface area contributed by atoms with Crippen LogP contribution in [0.1, 0.15) is 18.4 Å². The molecule has 2 fully saturated rings. The van der Waals surface area contributed by atoms with Crippen LogP contribution in [0.5, 0.6) is 11.5 Å². The zero-order valence-electron chi connectivity index (χ0n) is 14.7. The summed E-state index contributed by atoms with van der Waals surface area (Å²) >= 11 is 5.45. The highest BCUT2D eigenvalue weighted by Crippen LogP contribution is 2.30. The summed E-state index contributed by atoms with van der Waals surface area (Å²) in [4.78, 5) is 16.2. The van der Waals surface area contributed by atoms with Gasteiger partial charge < -0.3 is 19.1 Å². The first-order valence-corrected chi connectivity index (χ1v) is 8.61. The minimum absolute atomic E-state index is 0.0603. The van der Waals surface area contributed by atoms with Gasteiger partial charge in [0.1, 0.15) is 17.2 Å². The number of hydrogen-bond donors (Lipinski definition) is 0. The van der Waals surface area contributed by atoms with Crippen LogP contribution in [0.2, 0.25) is 0 Å². The summed E-state index contributed by atoms with van der Waals surface area (Å²) in [5, 5.41) is 0.499. The quantitative estimate of drug-likeness (QED) is 0.592. The minimum atomic E-state index is -0.110. The second-order valence-electron chi connectivity index (χ2n) is 6.03. The van der Waals surface area contributed by atoms with Gasteiger partial charge in [-0.2, -0.15) is 0 Å². The molecule has 0 N–H and O–H groups in total. The average molecular weight is 362 g/mol. The van der Waals surface area contributed by atoms with Crippen molar-refractivity contribution < 1.29 is 19.0 Å². The predicted octanol–water partition coefficient (Wildman–Crippen LogP) is 2.28. The number of thiocarbonyl (C=S) groups is 1. The molecule has 25 heavy (non-hydrogen) atoms. The number of carbonyl (C=O) groups excluding carboxylic acids is 1. The molecule has 1 amide bonds. The van der Waals surface area contributed by atoms with Crippen LogP contribution in [0.3, 0.4) is 0 Å². The van der Waals surface area contributed by atoms with E-state index in [1.807, 2.05) is 12.1 Å². The first-order chi connectivity index (χ1) is 12.0. The molecule has 2 heterocycles. The summed E-state index contributed by atoms with van der Waals surface area (Å²) in [5.74, 6) is 1.22. The summed E-state index contributed by atoms with van der Waals surface area (Å²) in [6.45, 7) is 1.25. The van der Waals surface area contributed by atoms with Crippen LogP contribution in [-0.2, 0) is 9.53 Å². The molecule has 0 aromatic heterocycles. The Hall–Kier alpha value is -2.12. The van der Waals surface area contributed by atoms with Crippen LogP contribution in [-0.4, -0.2) is 61.3 Å². The monoisotopic (exact) mass is 362 g/mol. The Morgan fingerprint density at radius 2 is 2.16 bits per heavy atom. The van der Waals surface area contributed by atoms with Gasteiger partial charge in [0.15, 0.2) is 5.11 Å². The lowest BCUT2D eigenvalue weighted by molar-refractivity contribution is -0.123. The largest absolute Gasteiger partial charge is 0.497 e. The van der Waals surface area contributed by atoms with E-state index in [1.165, 1.54) is 0 Å². The highest BCUT2D eigenvalue weighted by molar-refractivity contribution is 7.80. The van der Waals surface area contributed by atoms with Crippen LogP contribution < -0.4 is 9.47 Å². The number of methoxy groups -OCH3 is 2. The summed E-state index contributed by atoms with van der Waals surface area (Å²) in [7, 11) is 4.99. The van der Waals surface area contributed by atoms with Crippen LogP contribution in [0.15, 0.2) is 23.9 Å². The summed E-state index contributed by atoms with van der Waals surface area (Å²) in [5.41, 5.74) is 1.31. The zero-order valence-corrected chi connectivity index (χ0v) is 15.5. The molecule has 1 aromatic carbocycles. The molecule has 2 aliphatic rings. The van der Waals surface area contributed by atoms with Crippen molar-refractivity contribution in [2.75, 3.05) is 34.4 Å². The van der Waals surface area contributed by atoms with Crippen molar-refractivity contribution in [2.45, 2.75) is 18.9 Å². The van der Waals surface area contributed by atoms with Crippen LogP contribution in [0.25, 0.3) is 6.08 Å². The van der Waals surface area contributed by atoms with Crippen LogP contribution in [0.4, 0.5) is 0 Å². The molecule has 0 bridgehead atoms. The molecule has 0 radical (unpaired) electrons. The average Bonchev–Trinajstić information content (AvgIpc) is 3.21. The number of ether oxygens (including phenoxy) is 3. The number of likely N-dealkylation sites (N-methyl/N-ethyl adjacent to an activating group) is 1. The van der Waals surface area contributed by atoms with E-state index in [0.717, 1.165) is 25.0 Å². The molecular weight excluding hydrogens is 340 g/mol. The maximum absolute atomic E-state index is 12.8. The fourth-order valence-electron chi connectivity index (χ4n) is 3.05. The van der Waals surface area contributed by atoms with E-state index in [2.05, 4.69) is 0 Å². The van der Waals surface area contributed by atoms with E-state index in [1.54, 1.807) is 43.2 Å². The second-order valence-corrected chi connectivity index (χ2v) is 6.39. The molecule has 1 atom stereocenters. The van der Waals surface area contributed by atoms with E-state index in [-0.39, 0.29) is 12.0 Å². The molecule has 1 unspecified atom stereocenters. The Kier molecular flexibility index (Phi) is 5.24. The molecule has 6 nitrogen and oxygen atoms in total. The van der Waals surface area contributed by atoms with Crippen LogP contribution >= 0.6 is 12.2 Å². The lowest BCUT2D eigenvalue weighted by Gasteiger charge is -2.19. The smallest absolute Gasteiger partial charge is 0.276 e. The molecule has 0 saturated carbocycles. The third-order valence-corrected chi connectivity index (χ3v) is 4.98. The lowest BCUT2D eigenvalue weighted by atomic mass is 10.1. The molecule has 134 valence electrons. The van der Waals surface area contributed by atoms with Gasteiger partial charge in [-0.05, 0) is 43.3 Å². The molecule has 2 saturated heterocycles. The number of benzene rings is 1. The van der Waals surface area contributed by atoms with Gasteiger partial charge in [0.05, 0.1) is 26.9 Å². The fraction of sp³-hybridized carbons (Fsp3) is 0.444. The highest BCUT2D eigenvalue weighted by Gasteiger charge is 2.37. The van der Waals surface area contributed by atoms with Crippen LogP contribution in [0, 0.1) is 0 Å². The Morgan fingerprint density at radius 1 is 1.36 bits per heavy atom. The maximum atomic E-state index is 12.8. The van der Waals surface area contributed by atoms with Crippen molar-refractivity contribution in [1.29, 1.82) is 0 Å². The Balaban J connectivity index is 1.87. The summed E-state index contributed by atoms with van der Waals surface area (Å²) in [6.07, 6.45) is 3.84. The molecule has 7 heteroatoms. The number of hydrogen-bond acceptors (Lipinski definition) is 5. The third-order valence-electron chi connectivity index (χ3n) is 4.49. The van der Waals surface area contributed by atoms with Crippen molar-refractivity contribution in [1.82, 2.24) is 9.80 Å². The van der Waals surface area contributed by atoms with Gasteiger partial charge in [0.2, 0.25) is 0 Å². The topological polar surface area (TPSA) is 51.2 Å². The van der Waals surface area contributed by atoms with Gasteiger partial charge >= 0.3 is 0 Å². The molecule has 0 aliphatic carbocycles. The van der Waals surface area contributed by atoms with E-state index >= 15 is 0 Å². The van der Waals surface area contributed by atoms with Crippen molar-refractivity contribution >= 4 is 29.3 Å². The lowest BCUT2D eigenvalue weighted by Crippen LogP contribution is -2.37. The van der Waals surface area contributed by atoms with Gasteiger partial charge in [-0.15, -0.1) is 0 Å². The number of carbonyl (C=O) groups is 1. The SMILES string of the molecule is COc1ccc(C=C2C(=O)N(CC3CCCO3)C(=S)N2C)c(OC)c1. The minimum Gasteiger partial charge on any atom is -0.497 e. The first-order valence-electron chi connectivity index (χ1n) is 8.20. The molecule has 0 spiro atoms. The molecular formula is C18H22N2O4S. The van der Waals surface area contributed by atoms with Crippen molar-refractivity contribution in [3.63, 3.8) is 0 Å². The normalized spacial score (nSPS) is 22.2. The van der Waals surface area contributed by atoms with Crippen molar-refractivity contribution in [3.05, 3.63) is 29.5 Å².